The van der Waals surface area contributed by atoms with E-state index in [1.165, 1.54) is 0 Å². The molecule has 20 heavy (non-hydrogen) atoms. The molecule has 0 aliphatic rings. The van der Waals surface area contributed by atoms with Gasteiger partial charge in [0.05, 0.1) is 10.6 Å². The molecule has 0 aliphatic heterocycles. The van der Waals surface area contributed by atoms with Gasteiger partial charge < -0.3 is 4.52 Å². The second-order valence-electron chi connectivity index (χ2n) is 4.26. The summed E-state index contributed by atoms with van der Waals surface area (Å²) in [6.45, 7) is 0. The first kappa shape index (κ1) is 13.2. The summed E-state index contributed by atoms with van der Waals surface area (Å²) >= 11 is 12.2. The highest BCUT2D eigenvalue weighted by Crippen LogP contribution is 2.26. The number of nitrogens with zero attached hydrogens (tertiary/aromatic N) is 2. The maximum atomic E-state index is 6.12. The van der Waals surface area contributed by atoms with Crippen molar-refractivity contribution in [2.24, 2.45) is 0 Å². The lowest BCUT2D eigenvalue weighted by Crippen LogP contribution is -1.91. The first-order chi connectivity index (χ1) is 9.74. The fourth-order valence-corrected chi connectivity index (χ4v) is 2.30. The van der Waals surface area contributed by atoms with E-state index in [1.54, 1.807) is 6.07 Å². The SMILES string of the molecule is Clc1ccccc1Cc1noc(-c2ccccc2Cl)n1. The van der Waals surface area contributed by atoms with Crippen LogP contribution in [0.5, 0.6) is 0 Å². The van der Waals surface area contributed by atoms with E-state index < -0.39 is 0 Å². The van der Waals surface area contributed by atoms with E-state index in [2.05, 4.69) is 10.1 Å². The van der Waals surface area contributed by atoms with Gasteiger partial charge in [0.2, 0.25) is 0 Å². The van der Waals surface area contributed by atoms with Crippen LogP contribution in [0.15, 0.2) is 53.1 Å². The van der Waals surface area contributed by atoms with Crippen LogP contribution in [0.4, 0.5) is 0 Å². The summed E-state index contributed by atoms with van der Waals surface area (Å²) in [5.74, 6) is 0.991. The number of halogens is 2. The fourth-order valence-electron chi connectivity index (χ4n) is 1.88. The zero-order chi connectivity index (χ0) is 13.9. The van der Waals surface area contributed by atoms with Crippen LogP contribution in [0.1, 0.15) is 11.4 Å². The van der Waals surface area contributed by atoms with Crippen LogP contribution in [-0.4, -0.2) is 10.1 Å². The van der Waals surface area contributed by atoms with Gasteiger partial charge in [0.15, 0.2) is 5.82 Å². The molecule has 0 unspecified atom stereocenters. The summed E-state index contributed by atoms with van der Waals surface area (Å²) in [7, 11) is 0. The highest BCUT2D eigenvalue weighted by Gasteiger charge is 2.12. The van der Waals surface area contributed by atoms with Crippen LogP contribution in [0, 0.1) is 0 Å². The van der Waals surface area contributed by atoms with Crippen LogP contribution < -0.4 is 0 Å². The third-order valence-corrected chi connectivity index (χ3v) is 3.58. The molecule has 0 atom stereocenters. The van der Waals surface area contributed by atoms with E-state index in [0.717, 1.165) is 11.1 Å². The van der Waals surface area contributed by atoms with E-state index in [0.29, 0.717) is 28.2 Å². The second kappa shape index (κ2) is 5.65. The summed E-state index contributed by atoms with van der Waals surface area (Å²) < 4.78 is 5.25. The largest absolute Gasteiger partial charge is 0.334 e. The molecule has 2 aromatic carbocycles. The molecule has 3 nitrogen and oxygen atoms in total. The van der Waals surface area contributed by atoms with Crippen molar-refractivity contribution in [2.75, 3.05) is 0 Å². The van der Waals surface area contributed by atoms with E-state index >= 15 is 0 Å². The van der Waals surface area contributed by atoms with E-state index in [4.69, 9.17) is 27.7 Å². The number of hydrogen-bond acceptors (Lipinski definition) is 3. The number of benzene rings is 2. The Labute approximate surface area is 126 Å². The minimum atomic E-state index is 0.414. The van der Waals surface area contributed by atoms with Crippen molar-refractivity contribution in [3.63, 3.8) is 0 Å². The maximum absolute atomic E-state index is 6.12. The van der Waals surface area contributed by atoms with Crippen LogP contribution in [-0.2, 0) is 6.42 Å². The molecule has 0 saturated carbocycles. The summed E-state index contributed by atoms with van der Waals surface area (Å²) in [4.78, 5) is 4.36. The van der Waals surface area contributed by atoms with Crippen LogP contribution >= 0.6 is 23.2 Å². The lowest BCUT2D eigenvalue weighted by atomic mass is 10.1. The minimum absolute atomic E-state index is 0.414. The summed E-state index contributed by atoms with van der Waals surface area (Å²) in [5.41, 5.74) is 1.69. The van der Waals surface area contributed by atoms with Crippen molar-refractivity contribution in [1.29, 1.82) is 0 Å². The Morgan fingerprint density at radius 2 is 1.60 bits per heavy atom. The van der Waals surface area contributed by atoms with Gasteiger partial charge in [-0.05, 0) is 23.8 Å². The lowest BCUT2D eigenvalue weighted by molar-refractivity contribution is 0.424. The van der Waals surface area contributed by atoms with Crippen LogP contribution in [0.25, 0.3) is 11.5 Å². The highest BCUT2D eigenvalue weighted by atomic mass is 35.5. The van der Waals surface area contributed by atoms with Crippen LogP contribution in [0.2, 0.25) is 10.0 Å². The number of hydrogen-bond donors (Lipinski definition) is 0. The first-order valence-electron chi connectivity index (χ1n) is 6.05. The quantitative estimate of drug-likeness (QED) is 0.708. The summed E-state index contributed by atoms with van der Waals surface area (Å²) in [6.07, 6.45) is 0.521. The van der Waals surface area contributed by atoms with E-state index in [-0.39, 0.29) is 0 Å². The first-order valence-corrected chi connectivity index (χ1v) is 6.80. The normalized spacial score (nSPS) is 10.7. The Hall–Kier alpha value is -1.84. The molecule has 0 spiro atoms. The highest BCUT2D eigenvalue weighted by molar-refractivity contribution is 6.33. The second-order valence-corrected chi connectivity index (χ2v) is 5.08. The molecular weight excluding hydrogens is 295 g/mol. The standard InChI is InChI=1S/C15H10Cl2N2O/c16-12-7-3-1-5-10(12)9-14-18-15(20-19-14)11-6-2-4-8-13(11)17/h1-8H,9H2. The minimum Gasteiger partial charge on any atom is -0.334 e. The van der Waals surface area contributed by atoms with Gasteiger partial charge >= 0.3 is 0 Å². The van der Waals surface area contributed by atoms with Gasteiger partial charge in [0, 0.05) is 11.4 Å². The van der Waals surface area contributed by atoms with Crippen molar-refractivity contribution in [3.05, 3.63) is 70.0 Å². The zero-order valence-corrected chi connectivity index (χ0v) is 11.9. The molecule has 0 fully saturated rings. The predicted molar refractivity (Wildman–Crippen MR) is 79.0 cm³/mol. The molecule has 0 N–H and O–H groups in total. The van der Waals surface area contributed by atoms with Crippen molar-refractivity contribution in [2.45, 2.75) is 6.42 Å². The Morgan fingerprint density at radius 3 is 2.35 bits per heavy atom. The van der Waals surface area contributed by atoms with Crippen molar-refractivity contribution in [1.82, 2.24) is 10.1 Å². The van der Waals surface area contributed by atoms with Gasteiger partial charge in [-0.2, -0.15) is 4.98 Å². The average Bonchev–Trinajstić information content (AvgIpc) is 2.90. The molecular formula is C15H10Cl2N2O. The molecule has 0 saturated heterocycles. The average molecular weight is 305 g/mol. The fraction of sp³-hybridized carbons (Fsp3) is 0.0667. The number of aromatic nitrogens is 2. The predicted octanol–water partition coefficient (Wildman–Crippen LogP) is 4.63. The third-order valence-electron chi connectivity index (χ3n) is 2.88. The van der Waals surface area contributed by atoms with Crippen molar-refractivity contribution in [3.8, 4) is 11.5 Å². The maximum Gasteiger partial charge on any atom is 0.259 e. The van der Waals surface area contributed by atoms with Gasteiger partial charge in [0.25, 0.3) is 5.89 Å². The van der Waals surface area contributed by atoms with Crippen molar-refractivity contribution < 1.29 is 4.52 Å². The van der Waals surface area contributed by atoms with Gasteiger partial charge in [-0.25, -0.2) is 0 Å². The van der Waals surface area contributed by atoms with Gasteiger partial charge in [-0.1, -0.05) is 58.7 Å². The third kappa shape index (κ3) is 2.69. The molecule has 0 aliphatic carbocycles. The van der Waals surface area contributed by atoms with Gasteiger partial charge in [-0.3, -0.25) is 0 Å². The molecule has 3 aromatic rings. The smallest absolute Gasteiger partial charge is 0.259 e. The zero-order valence-electron chi connectivity index (χ0n) is 10.4. The van der Waals surface area contributed by atoms with Gasteiger partial charge in [0.1, 0.15) is 0 Å². The van der Waals surface area contributed by atoms with E-state index in [1.807, 2.05) is 42.5 Å². The Morgan fingerprint density at radius 1 is 0.900 bits per heavy atom. The molecule has 3 rings (SSSR count). The summed E-state index contributed by atoms with van der Waals surface area (Å²) in [6, 6.07) is 14.9. The topological polar surface area (TPSA) is 38.9 Å². The van der Waals surface area contributed by atoms with Gasteiger partial charge in [-0.15, -0.1) is 0 Å². The monoisotopic (exact) mass is 304 g/mol. The molecule has 0 bridgehead atoms. The van der Waals surface area contributed by atoms with Crippen LogP contribution in [0.3, 0.4) is 0 Å². The summed E-state index contributed by atoms with van der Waals surface area (Å²) in [5, 5.41) is 5.24. The molecule has 5 heteroatoms. The number of rotatable bonds is 3. The van der Waals surface area contributed by atoms with Crippen molar-refractivity contribution >= 4 is 23.2 Å². The molecule has 1 aromatic heterocycles. The molecule has 1 heterocycles. The Kier molecular flexibility index (Phi) is 3.72. The molecule has 100 valence electrons. The van der Waals surface area contributed by atoms with E-state index in [9.17, 15) is 0 Å². The Bertz CT molecular complexity index is 740. The molecule has 0 radical (unpaired) electrons. The lowest BCUT2D eigenvalue weighted by Gasteiger charge is -1.99. The Balaban J connectivity index is 1.88. The molecule has 0 amide bonds.